The maximum absolute atomic E-state index is 13.4. The number of aromatic nitrogens is 4. The molecule has 0 unspecified atom stereocenters. The largest absolute Gasteiger partial charge is 0.361 e. The van der Waals surface area contributed by atoms with Crippen molar-refractivity contribution in [2.24, 2.45) is 5.92 Å². The molecule has 4 aromatic rings. The molecule has 1 aliphatic heterocycles. The molecule has 2 aromatic carbocycles. The number of benzene rings is 2. The molecule has 1 atom stereocenters. The molecular weight excluding hydrogens is 464 g/mol. The highest BCUT2D eigenvalue weighted by molar-refractivity contribution is 7.89. The van der Waals surface area contributed by atoms with Crippen molar-refractivity contribution in [3.05, 3.63) is 54.2 Å². The van der Waals surface area contributed by atoms with E-state index in [1.165, 1.54) is 4.31 Å². The molecule has 9 nitrogen and oxygen atoms in total. The summed E-state index contributed by atoms with van der Waals surface area (Å²) in [5.41, 5.74) is 3.60. The molecule has 184 valence electrons. The van der Waals surface area contributed by atoms with E-state index >= 15 is 0 Å². The van der Waals surface area contributed by atoms with Gasteiger partial charge < -0.3 is 10.3 Å². The molecule has 35 heavy (non-hydrogen) atoms. The highest BCUT2D eigenvalue weighted by Gasteiger charge is 2.33. The van der Waals surface area contributed by atoms with E-state index in [1.807, 2.05) is 24.4 Å². The lowest BCUT2D eigenvalue weighted by Crippen LogP contribution is -2.45. The normalized spacial score (nSPS) is 17.2. The van der Waals surface area contributed by atoms with E-state index in [1.54, 1.807) is 22.9 Å². The van der Waals surface area contributed by atoms with Crippen molar-refractivity contribution in [2.45, 2.75) is 44.0 Å². The highest BCUT2D eigenvalue weighted by atomic mass is 32.2. The number of H-pyrrole nitrogens is 1. The summed E-state index contributed by atoms with van der Waals surface area (Å²) < 4.78 is 29.9. The first-order valence-corrected chi connectivity index (χ1v) is 13.6. The van der Waals surface area contributed by atoms with Gasteiger partial charge in [0.05, 0.1) is 16.3 Å². The number of carbonyl (C=O) groups excluding carboxylic acids is 1. The first-order valence-electron chi connectivity index (χ1n) is 12.1. The summed E-state index contributed by atoms with van der Waals surface area (Å²) in [7, 11) is -3.73. The summed E-state index contributed by atoms with van der Waals surface area (Å²) in [6, 6.07) is 13.0. The zero-order valence-electron chi connectivity index (χ0n) is 19.8. The number of fused-ring (bicyclic) bond motifs is 2. The lowest BCUT2D eigenvalue weighted by molar-refractivity contribution is -0.126. The van der Waals surface area contributed by atoms with Crippen molar-refractivity contribution in [1.29, 1.82) is 0 Å². The van der Waals surface area contributed by atoms with Crippen molar-refractivity contribution < 1.29 is 13.2 Å². The molecular formula is C25H30N6O3S. The van der Waals surface area contributed by atoms with Gasteiger partial charge >= 0.3 is 0 Å². The molecule has 0 aliphatic carbocycles. The molecule has 2 aromatic heterocycles. The molecule has 1 amide bonds. The van der Waals surface area contributed by atoms with Crippen LogP contribution in [0.4, 0.5) is 0 Å². The summed E-state index contributed by atoms with van der Waals surface area (Å²) >= 11 is 0. The Balaban J connectivity index is 1.23. The minimum absolute atomic E-state index is 0.0947. The summed E-state index contributed by atoms with van der Waals surface area (Å²) in [6.45, 7) is 3.88. The van der Waals surface area contributed by atoms with Crippen LogP contribution in [0.25, 0.3) is 21.9 Å². The fraction of sp³-hybridized carbons (Fsp3) is 0.400. The Hall–Kier alpha value is -3.24. The van der Waals surface area contributed by atoms with E-state index in [0.29, 0.717) is 37.9 Å². The average Bonchev–Trinajstić information content (AvgIpc) is 3.48. The van der Waals surface area contributed by atoms with Crippen molar-refractivity contribution in [3.8, 4) is 0 Å². The van der Waals surface area contributed by atoms with Gasteiger partial charge in [-0.2, -0.15) is 4.31 Å². The SMILES string of the molecule is CCCn1nnc2cc(S(=O)(=O)N3CCC[C@H](C(=O)NCCc4c[nH]c5ccccc45)C3)ccc21. The van der Waals surface area contributed by atoms with E-state index in [2.05, 4.69) is 33.6 Å². The second-order valence-corrected chi connectivity index (χ2v) is 11.0. The van der Waals surface area contributed by atoms with Crippen molar-refractivity contribution >= 4 is 37.9 Å². The lowest BCUT2D eigenvalue weighted by atomic mass is 9.99. The van der Waals surface area contributed by atoms with Gasteiger partial charge in [0.25, 0.3) is 0 Å². The second-order valence-electron chi connectivity index (χ2n) is 9.07. The number of amides is 1. The Bertz CT molecular complexity index is 1460. The van der Waals surface area contributed by atoms with Crippen LogP contribution in [-0.4, -0.2) is 58.2 Å². The quantitative estimate of drug-likeness (QED) is 0.391. The maximum Gasteiger partial charge on any atom is 0.243 e. The predicted octanol–water partition coefficient (Wildman–Crippen LogP) is 3.08. The van der Waals surface area contributed by atoms with E-state index in [-0.39, 0.29) is 23.3 Å². The fourth-order valence-corrected chi connectivity index (χ4v) is 6.36. The lowest BCUT2D eigenvalue weighted by Gasteiger charge is -2.31. The number of aromatic amines is 1. The van der Waals surface area contributed by atoms with Gasteiger partial charge in [-0.05, 0) is 55.5 Å². The van der Waals surface area contributed by atoms with Gasteiger partial charge in [-0.15, -0.1) is 5.10 Å². The minimum atomic E-state index is -3.73. The number of hydrogen-bond acceptors (Lipinski definition) is 5. The van der Waals surface area contributed by atoms with Gasteiger partial charge in [-0.25, -0.2) is 13.1 Å². The zero-order chi connectivity index (χ0) is 24.4. The molecule has 3 heterocycles. The minimum Gasteiger partial charge on any atom is -0.361 e. The molecule has 2 N–H and O–H groups in total. The van der Waals surface area contributed by atoms with Gasteiger partial charge in [-0.3, -0.25) is 4.79 Å². The van der Waals surface area contributed by atoms with Gasteiger partial charge in [0.1, 0.15) is 5.52 Å². The van der Waals surface area contributed by atoms with Crippen LogP contribution in [0.1, 0.15) is 31.7 Å². The maximum atomic E-state index is 13.4. The monoisotopic (exact) mass is 494 g/mol. The topological polar surface area (TPSA) is 113 Å². The van der Waals surface area contributed by atoms with E-state index in [4.69, 9.17) is 0 Å². The molecule has 5 rings (SSSR count). The number of para-hydroxylation sites is 1. The highest BCUT2D eigenvalue weighted by Crippen LogP contribution is 2.26. The third-order valence-electron chi connectivity index (χ3n) is 6.68. The van der Waals surface area contributed by atoms with E-state index < -0.39 is 10.0 Å². The number of nitrogens with zero attached hydrogens (tertiary/aromatic N) is 4. The van der Waals surface area contributed by atoms with Crippen LogP contribution in [0, 0.1) is 5.92 Å². The van der Waals surface area contributed by atoms with E-state index in [9.17, 15) is 13.2 Å². The number of rotatable bonds is 8. The van der Waals surface area contributed by atoms with Crippen LogP contribution in [0.3, 0.4) is 0 Å². The fourth-order valence-electron chi connectivity index (χ4n) is 4.82. The number of sulfonamides is 1. The summed E-state index contributed by atoms with van der Waals surface area (Å²) in [5, 5.41) is 12.4. The Morgan fingerprint density at radius 2 is 2.09 bits per heavy atom. The number of nitrogens with one attached hydrogen (secondary N) is 2. The third-order valence-corrected chi connectivity index (χ3v) is 8.54. The van der Waals surface area contributed by atoms with Crippen LogP contribution in [0.15, 0.2) is 53.6 Å². The molecule has 0 spiro atoms. The molecule has 0 saturated carbocycles. The van der Waals surface area contributed by atoms with Crippen molar-refractivity contribution in [2.75, 3.05) is 19.6 Å². The second kappa shape index (κ2) is 9.79. The first-order chi connectivity index (χ1) is 17.0. The van der Waals surface area contributed by atoms with E-state index in [0.717, 1.165) is 34.9 Å². The number of piperidine rings is 1. The number of carbonyl (C=O) groups is 1. The van der Waals surface area contributed by atoms with Crippen LogP contribution in [-0.2, 0) is 27.8 Å². The zero-order valence-corrected chi connectivity index (χ0v) is 20.6. The Morgan fingerprint density at radius 1 is 1.23 bits per heavy atom. The van der Waals surface area contributed by atoms with Gasteiger partial charge in [0.15, 0.2) is 0 Å². The Morgan fingerprint density at radius 3 is 2.94 bits per heavy atom. The van der Waals surface area contributed by atoms with Crippen LogP contribution in [0.2, 0.25) is 0 Å². The van der Waals surface area contributed by atoms with Crippen molar-refractivity contribution in [3.63, 3.8) is 0 Å². The average molecular weight is 495 g/mol. The summed E-state index contributed by atoms with van der Waals surface area (Å²) in [6.07, 6.45) is 4.92. The Labute approximate surface area is 204 Å². The molecule has 10 heteroatoms. The third kappa shape index (κ3) is 4.68. The molecule has 0 radical (unpaired) electrons. The standard InChI is InChI=1S/C25H30N6O3S/c1-2-13-31-24-10-9-20(15-23(24)28-29-31)35(33,34)30-14-5-6-19(17-30)25(32)26-12-11-18-16-27-22-8-4-3-7-21(18)22/h3-4,7-10,15-16,19,27H,2,5-6,11-14,17H2,1H3,(H,26,32)/t19-/m0/s1. The van der Waals surface area contributed by atoms with Gasteiger partial charge in [0, 0.05) is 43.3 Å². The predicted molar refractivity (Wildman–Crippen MR) is 134 cm³/mol. The molecule has 1 aliphatic rings. The smallest absolute Gasteiger partial charge is 0.243 e. The molecule has 1 fully saturated rings. The summed E-state index contributed by atoms with van der Waals surface area (Å²) in [5.74, 6) is -0.460. The van der Waals surface area contributed by atoms with Crippen LogP contribution >= 0.6 is 0 Å². The Kier molecular flexibility index (Phi) is 6.57. The van der Waals surface area contributed by atoms with Crippen LogP contribution in [0.5, 0.6) is 0 Å². The molecule has 1 saturated heterocycles. The van der Waals surface area contributed by atoms with Crippen LogP contribution < -0.4 is 5.32 Å². The first kappa shape index (κ1) is 23.5. The summed E-state index contributed by atoms with van der Waals surface area (Å²) in [4.78, 5) is 16.3. The number of aryl methyl sites for hydroxylation is 1. The number of hydrogen-bond donors (Lipinski definition) is 2. The van der Waals surface area contributed by atoms with Gasteiger partial charge in [0.2, 0.25) is 15.9 Å². The van der Waals surface area contributed by atoms with Crippen molar-refractivity contribution in [1.82, 2.24) is 29.6 Å². The van der Waals surface area contributed by atoms with Gasteiger partial charge in [-0.1, -0.05) is 30.3 Å². The molecule has 0 bridgehead atoms.